The van der Waals surface area contributed by atoms with Crippen LogP contribution >= 0.6 is 0 Å². The second kappa shape index (κ2) is 7.10. The molecule has 25 heavy (non-hydrogen) atoms. The smallest absolute Gasteiger partial charge is 0.268 e. The maximum absolute atomic E-state index is 13.0. The molecule has 0 saturated carbocycles. The molecule has 0 radical (unpaired) electrons. The Labute approximate surface area is 143 Å². The van der Waals surface area contributed by atoms with Crippen molar-refractivity contribution in [2.24, 2.45) is 0 Å². The van der Waals surface area contributed by atoms with E-state index in [9.17, 15) is 26.4 Å². The number of alkyl halides is 3. The van der Waals surface area contributed by atoms with Gasteiger partial charge in [0.25, 0.3) is 15.9 Å². The van der Waals surface area contributed by atoms with Crippen molar-refractivity contribution in [3.8, 4) is 0 Å². The van der Waals surface area contributed by atoms with Gasteiger partial charge >= 0.3 is 6.18 Å². The average Bonchev–Trinajstić information content (AvgIpc) is 2.52. The Morgan fingerprint density at radius 1 is 1.08 bits per heavy atom. The molecule has 0 aliphatic heterocycles. The highest BCUT2D eigenvalue weighted by Gasteiger charge is 2.35. The Morgan fingerprint density at radius 2 is 1.72 bits per heavy atom. The number of hydrogen-bond acceptors (Lipinski definition) is 3. The van der Waals surface area contributed by atoms with Crippen molar-refractivity contribution in [1.29, 1.82) is 0 Å². The van der Waals surface area contributed by atoms with Crippen LogP contribution in [0, 0.1) is 6.92 Å². The van der Waals surface area contributed by atoms with E-state index in [1.54, 1.807) is 35.1 Å². The molecule has 4 nitrogen and oxygen atoms in total. The fourth-order valence-electron chi connectivity index (χ4n) is 2.04. The zero-order chi connectivity index (χ0) is 18.7. The third-order valence-electron chi connectivity index (χ3n) is 3.20. The Hall–Kier alpha value is -2.61. The monoisotopic (exact) mass is 369 g/mol. The molecule has 8 heteroatoms. The minimum absolute atomic E-state index is 0.302. The van der Waals surface area contributed by atoms with Crippen molar-refractivity contribution in [3.63, 3.8) is 0 Å². The van der Waals surface area contributed by atoms with Crippen molar-refractivity contribution >= 4 is 22.0 Å². The molecule has 1 N–H and O–H groups in total. The molecule has 0 aliphatic carbocycles. The minimum atomic E-state index is -4.78. The largest absolute Gasteiger partial charge is 0.417 e. The van der Waals surface area contributed by atoms with Gasteiger partial charge in [-0.2, -0.15) is 13.2 Å². The summed E-state index contributed by atoms with van der Waals surface area (Å²) in [6.07, 6.45) is -3.54. The van der Waals surface area contributed by atoms with E-state index in [-0.39, 0.29) is 0 Å². The predicted octanol–water partition coefficient (Wildman–Crippen LogP) is 3.74. The molecule has 0 spiro atoms. The van der Waals surface area contributed by atoms with Gasteiger partial charge in [0.1, 0.15) is 0 Å². The van der Waals surface area contributed by atoms with E-state index < -0.39 is 33.2 Å². The Balaban J connectivity index is 2.26. The lowest BCUT2D eigenvalue weighted by Gasteiger charge is -2.13. The summed E-state index contributed by atoms with van der Waals surface area (Å²) in [5.74, 6) is -1.34. The number of benzene rings is 2. The van der Waals surface area contributed by atoms with Crippen molar-refractivity contribution in [2.45, 2.75) is 13.1 Å². The van der Waals surface area contributed by atoms with Gasteiger partial charge in [-0.3, -0.25) is 4.79 Å². The molecule has 0 saturated heterocycles. The predicted molar refractivity (Wildman–Crippen MR) is 88.0 cm³/mol. The fourth-order valence-corrected chi connectivity index (χ4v) is 2.81. The van der Waals surface area contributed by atoms with Crippen LogP contribution in [0.15, 0.2) is 53.9 Å². The van der Waals surface area contributed by atoms with Crippen molar-refractivity contribution < 1.29 is 26.4 Å². The molecule has 2 aromatic rings. The lowest BCUT2D eigenvalue weighted by atomic mass is 10.0. The third kappa shape index (κ3) is 5.18. The molecule has 0 aromatic heterocycles. The maximum Gasteiger partial charge on any atom is 0.417 e. The van der Waals surface area contributed by atoms with Crippen molar-refractivity contribution in [2.75, 3.05) is 0 Å². The topological polar surface area (TPSA) is 63.2 Å². The first-order valence-corrected chi connectivity index (χ1v) is 8.61. The van der Waals surface area contributed by atoms with Crippen LogP contribution in [-0.4, -0.2) is 14.3 Å². The molecule has 0 atom stereocenters. The summed E-state index contributed by atoms with van der Waals surface area (Å²) >= 11 is 0. The summed E-state index contributed by atoms with van der Waals surface area (Å²) in [6.45, 7) is 1.44. The van der Waals surface area contributed by atoms with Crippen LogP contribution in [0.5, 0.6) is 0 Å². The molecule has 0 aliphatic rings. The van der Waals surface area contributed by atoms with E-state index in [0.717, 1.165) is 17.5 Å². The van der Waals surface area contributed by atoms with Gasteiger partial charge in [0.05, 0.1) is 16.5 Å². The van der Waals surface area contributed by atoms with Gasteiger partial charge in [-0.1, -0.05) is 42.0 Å². The summed E-state index contributed by atoms with van der Waals surface area (Å²) in [5, 5.41) is 0.724. The highest BCUT2D eigenvalue weighted by atomic mass is 32.2. The SMILES string of the molecule is Cc1ccc(C(=O)NS(=O)(=O)/C=C/c2ccccc2)c(C(F)(F)F)c1. The molecule has 0 unspecified atom stereocenters. The third-order valence-corrected chi connectivity index (χ3v) is 4.16. The van der Waals surface area contributed by atoms with E-state index in [2.05, 4.69) is 0 Å². The van der Waals surface area contributed by atoms with Crippen molar-refractivity contribution in [3.05, 3.63) is 76.2 Å². The molecule has 1 amide bonds. The summed E-state index contributed by atoms with van der Waals surface area (Å²) in [6, 6.07) is 11.4. The molecule has 2 rings (SSSR count). The minimum Gasteiger partial charge on any atom is -0.268 e. The fraction of sp³-hybridized carbons (Fsp3) is 0.118. The van der Waals surface area contributed by atoms with Gasteiger partial charge in [-0.05, 0) is 30.7 Å². The Bertz CT molecular complexity index is 904. The lowest BCUT2D eigenvalue weighted by Crippen LogP contribution is -2.30. The number of nitrogens with one attached hydrogen (secondary N) is 1. The van der Waals surface area contributed by atoms with Crippen LogP contribution in [0.25, 0.3) is 6.08 Å². The number of sulfonamides is 1. The molecule has 132 valence electrons. The molecule has 0 bridgehead atoms. The molecule has 0 fully saturated rings. The van der Waals surface area contributed by atoms with E-state index in [4.69, 9.17) is 0 Å². The van der Waals surface area contributed by atoms with Gasteiger partial charge < -0.3 is 0 Å². The first-order chi connectivity index (χ1) is 11.6. The van der Waals surface area contributed by atoms with Crippen LogP contribution in [-0.2, 0) is 16.2 Å². The van der Waals surface area contributed by atoms with Gasteiger partial charge in [0.2, 0.25) is 0 Å². The molecule has 0 heterocycles. The number of halogens is 3. The van der Waals surface area contributed by atoms with Gasteiger partial charge in [-0.25, -0.2) is 13.1 Å². The zero-order valence-electron chi connectivity index (χ0n) is 13.0. The summed E-state index contributed by atoms with van der Waals surface area (Å²) in [7, 11) is -4.25. The number of amides is 1. The van der Waals surface area contributed by atoms with Crippen molar-refractivity contribution in [1.82, 2.24) is 4.72 Å². The van der Waals surface area contributed by atoms with E-state index >= 15 is 0 Å². The lowest BCUT2D eigenvalue weighted by molar-refractivity contribution is -0.138. The van der Waals surface area contributed by atoms with E-state index in [0.29, 0.717) is 11.1 Å². The first-order valence-electron chi connectivity index (χ1n) is 7.06. The van der Waals surface area contributed by atoms with Crippen LogP contribution in [0.4, 0.5) is 13.2 Å². The number of hydrogen-bond donors (Lipinski definition) is 1. The molecular formula is C17H14F3NO3S. The summed E-state index contributed by atoms with van der Waals surface area (Å²) in [5.41, 5.74) is -1.08. The molecular weight excluding hydrogens is 355 g/mol. The second-order valence-electron chi connectivity index (χ2n) is 5.24. The standard InChI is InChI=1S/C17H14F3NO3S/c1-12-7-8-14(15(11-12)17(18,19)20)16(22)21-25(23,24)10-9-13-5-3-2-4-6-13/h2-11H,1H3,(H,21,22)/b10-9+. The number of aryl methyl sites for hydroxylation is 1. The maximum atomic E-state index is 13.0. The van der Waals surface area contributed by atoms with Crippen LogP contribution < -0.4 is 4.72 Å². The second-order valence-corrected chi connectivity index (χ2v) is 6.80. The summed E-state index contributed by atoms with van der Waals surface area (Å²) in [4.78, 5) is 12.0. The quantitative estimate of drug-likeness (QED) is 0.893. The van der Waals surface area contributed by atoms with Gasteiger partial charge in [0.15, 0.2) is 0 Å². The van der Waals surface area contributed by atoms with Gasteiger partial charge in [-0.15, -0.1) is 0 Å². The van der Waals surface area contributed by atoms with Crippen LogP contribution in [0.3, 0.4) is 0 Å². The first kappa shape index (κ1) is 18.7. The van der Waals surface area contributed by atoms with E-state index in [1.165, 1.54) is 19.1 Å². The number of rotatable bonds is 4. The highest BCUT2D eigenvalue weighted by molar-refractivity contribution is 7.93. The van der Waals surface area contributed by atoms with Gasteiger partial charge in [0, 0.05) is 0 Å². The average molecular weight is 369 g/mol. The zero-order valence-corrected chi connectivity index (χ0v) is 13.9. The Morgan fingerprint density at radius 3 is 2.32 bits per heavy atom. The number of carbonyl (C=O) groups excluding carboxylic acids is 1. The Kier molecular flexibility index (Phi) is 5.32. The number of carbonyl (C=O) groups is 1. The molecule has 2 aromatic carbocycles. The normalized spacial score (nSPS) is 12.3. The van der Waals surface area contributed by atoms with Crippen LogP contribution in [0.1, 0.15) is 27.0 Å². The summed E-state index contributed by atoms with van der Waals surface area (Å²) < 4.78 is 64.6. The highest BCUT2D eigenvalue weighted by Crippen LogP contribution is 2.32. The van der Waals surface area contributed by atoms with Crippen LogP contribution in [0.2, 0.25) is 0 Å². The van der Waals surface area contributed by atoms with E-state index in [1.807, 2.05) is 0 Å².